The number of fused-ring (bicyclic) bond motifs is 1. The summed E-state index contributed by atoms with van der Waals surface area (Å²) >= 11 is 12.5. The average molecular weight is 450 g/mol. The molecule has 5 aromatic rings. The molecular weight excluding hydrogens is 433 g/mol. The molecule has 1 atom stereocenters. The van der Waals surface area contributed by atoms with Gasteiger partial charge in [0.1, 0.15) is 6.04 Å². The third kappa shape index (κ3) is 4.10. The molecule has 0 aliphatic carbocycles. The van der Waals surface area contributed by atoms with Crippen LogP contribution in [0.1, 0.15) is 23.0 Å². The minimum absolute atomic E-state index is 0.310. The predicted octanol–water partition coefficient (Wildman–Crippen LogP) is 5.11. The molecule has 7 nitrogen and oxygen atoms in total. The van der Waals surface area contributed by atoms with E-state index in [-0.39, 0.29) is 6.04 Å². The van der Waals surface area contributed by atoms with Gasteiger partial charge in [-0.3, -0.25) is 0 Å². The molecule has 154 valence electrons. The van der Waals surface area contributed by atoms with Gasteiger partial charge in [-0.05, 0) is 58.0 Å². The summed E-state index contributed by atoms with van der Waals surface area (Å²) in [4.78, 5) is 7.42. The number of halogens is 2. The summed E-state index contributed by atoms with van der Waals surface area (Å²) in [5.74, 6) is 0.659. The molecule has 5 rings (SSSR count). The molecule has 0 spiro atoms. The van der Waals surface area contributed by atoms with Crippen molar-refractivity contribution in [1.29, 1.82) is 0 Å². The Balaban J connectivity index is 1.54. The first kappa shape index (κ1) is 19.5. The van der Waals surface area contributed by atoms with Crippen LogP contribution >= 0.6 is 23.2 Å². The molecule has 0 saturated carbocycles. The minimum Gasteiger partial charge on any atom is -0.371 e. The lowest BCUT2D eigenvalue weighted by Crippen LogP contribution is -2.19. The number of nitrogens with one attached hydrogen (secondary N) is 2. The molecule has 2 aromatic heterocycles. The van der Waals surface area contributed by atoms with E-state index in [4.69, 9.17) is 23.2 Å². The highest BCUT2D eigenvalue weighted by molar-refractivity contribution is 6.31. The molecule has 0 amide bonds. The van der Waals surface area contributed by atoms with Crippen LogP contribution in [0.15, 0.2) is 73.1 Å². The van der Waals surface area contributed by atoms with E-state index < -0.39 is 0 Å². The van der Waals surface area contributed by atoms with Crippen molar-refractivity contribution in [2.75, 3.05) is 5.32 Å². The quantitative estimate of drug-likeness (QED) is 0.376. The van der Waals surface area contributed by atoms with E-state index in [2.05, 4.69) is 30.8 Å². The first-order valence-corrected chi connectivity index (χ1v) is 10.4. The van der Waals surface area contributed by atoms with Crippen molar-refractivity contribution in [3.8, 4) is 0 Å². The van der Waals surface area contributed by atoms with Gasteiger partial charge in [0.2, 0.25) is 0 Å². The van der Waals surface area contributed by atoms with Crippen LogP contribution < -0.4 is 5.32 Å². The lowest BCUT2D eigenvalue weighted by Gasteiger charge is -2.20. The number of tetrazole rings is 1. The van der Waals surface area contributed by atoms with Gasteiger partial charge in [0.25, 0.3) is 0 Å². The van der Waals surface area contributed by atoms with Crippen molar-refractivity contribution in [3.05, 3.63) is 100 Å². The second-order valence-electron chi connectivity index (χ2n) is 7.05. The number of imidazole rings is 1. The predicted molar refractivity (Wildman–Crippen MR) is 121 cm³/mol. The summed E-state index contributed by atoms with van der Waals surface area (Å²) in [5.41, 5.74) is 4.66. The van der Waals surface area contributed by atoms with Gasteiger partial charge in [-0.15, -0.1) is 5.10 Å². The van der Waals surface area contributed by atoms with Gasteiger partial charge in [-0.1, -0.05) is 53.5 Å². The van der Waals surface area contributed by atoms with Gasteiger partial charge in [0.05, 0.1) is 23.9 Å². The van der Waals surface area contributed by atoms with Crippen molar-refractivity contribution >= 4 is 39.9 Å². The van der Waals surface area contributed by atoms with Crippen molar-refractivity contribution in [2.45, 2.75) is 12.6 Å². The standard InChI is InChI=1S/C22H17Cl2N7/c23-16-7-5-14(6-8-16)21(27-17-9-10-19-20(11-17)26-13-25-19)22-28-29-30-31(22)12-15-3-1-2-4-18(15)24/h1-11,13,21,27H,12H2,(H,25,26). The first-order chi connectivity index (χ1) is 15.2. The molecule has 0 aliphatic heterocycles. The monoisotopic (exact) mass is 449 g/mol. The number of aromatic amines is 1. The van der Waals surface area contributed by atoms with Crippen molar-refractivity contribution in [3.63, 3.8) is 0 Å². The Kier molecular flexibility index (Phi) is 5.28. The Morgan fingerprint density at radius 3 is 2.68 bits per heavy atom. The molecule has 3 aromatic carbocycles. The molecule has 1 unspecified atom stereocenters. The summed E-state index contributed by atoms with van der Waals surface area (Å²) in [5, 5.41) is 17.4. The topological polar surface area (TPSA) is 84.3 Å². The van der Waals surface area contributed by atoms with Crippen molar-refractivity contribution in [2.24, 2.45) is 0 Å². The van der Waals surface area contributed by atoms with E-state index >= 15 is 0 Å². The van der Waals surface area contributed by atoms with Gasteiger partial charge in [0.15, 0.2) is 5.82 Å². The number of anilines is 1. The van der Waals surface area contributed by atoms with E-state index in [1.165, 1.54) is 0 Å². The summed E-state index contributed by atoms with van der Waals surface area (Å²) in [6.07, 6.45) is 1.68. The molecule has 0 fully saturated rings. The fourth-order valence-electron chi connectivity index (χ4n) is 3.46. The van der Waals surface area contributed by atoms with Crippen LogP contribution in [0.25, 0.3) is 11.0 Å². The maximum atomic E-state index is 6.36. The van der Waals surface area contributed by atoms with E-state index in [0.717, 1.165) is 27.8 Å². The zero-order valence-corrected chi connectivity index (χ0v) is 17.7. The second-order valence-corrected chi connectivity index (χ2v) is 7.89. The molecule has 9 heteroatoms. The van der Waals surface area contributed by atoms with Gasteiger partial charge in [-0.2, -0.15) is 0 Å². The lowest BCUT2D eigenvalue weighted by molar-refractivity contribution is 0.608. The summed E-state index contributed by atoms with van der Waals surface area (Å²) in [6, 6.07) is 20.9. The lowest BCUT2D eigenvalue weighted by atomic mass is 10.1. The highest BCUT2D eigenvalue weighted by Gasteiger charge is 2.22. The van der Waals surface area contributed by atoms with Gasteiger partial charge in [-0.25, -0.2) is 9.67 Å². The van der Waals surface area contributed by atoms with Crippen molar-refractivity contribution in [1.82, 2.24) is 30.2 Å². The third-order valence-corrected chi connectivity index (χ3v) is 5.65. The normalized spacial score (nSPS) is 12.2. The molecule has 31 heavy (non-hydrogen) atoms. The summed E-state index contributed by atoms with van der Waals surface area (Å²) in [7, 11) is 0. The number of H-pyrrole nitrogens is 1. The molecule has 0 aliphatic rings. The Labute approximate surface area is 188 Å². The maximum absolute atomic E-state index is 6.36. The zero-order chi connectivity index (χ0) is 21.2. The Hall–Kier alpha value is -3.42. The highest BCUT2D eigenvalue weighted by Crippen LogP contribution is 2.28. The molecule has 0 radical (unpaired) electrons. The molecule has 0 saturated heterocycles. The third-order valence-electron chi connectivity index (χ3n) is 5.03. The second kappa shape index (κ2) is 8.37. The number of aromatic nitrogens is 6. The SMILES string of the molecule is Clc1ccc(C(Nc2ccc3nc[nH]c3c2)c2nnnn2Cc2ccccc2Cl)cc1. The van der Waals surface area contributed by atoms with Gasteiger partial charge < -0.3 is 10.3 Å². The van der Waals surface area contributed by atoms with Crippen LogP contribution in [-0.2, 0) is 6.54 Å². The van der Waals surface area contributed by atoms with Gasteiger partial charge in [0, 0.05) is 15.7 Å². The molecule has 2 N–H and O–H groups in total. The smallest absolute Gasteiger partial charge is 0.178 e. The largest absolute Gasteiger partial charge is 0.371 e. The molecule has 0 bridgehead atoms. The van der Waals surface area contributed by atoms with Crippen LogP contribution in [0.4, 0.5) is 5.69 Å². The van der Waals surface area contributed by atoms with E-state index in [1.54, 1.807) is 11.0 Å². The van der Waals surface area contributed by atoms with E-state index in [1.807, 2.05) is 66.7 Å². The van der Waals surface area contributed by atoms with Crippen LogP contribution in [0.5, 0.6) is 0 Å². The Bertz CT molecular complexity index is 1330. The van der Waals surface area contributed by atoms with E-state index in [9.17, 15) is 0 Å². The van der Waals surface area contributed by atoms with Crippen LogP contribution in [0.3, 0.4) is 0 Å². The summed E-state index contributed by atoms with van der Waals surface area (Å²) in [6.45, 7) is 0.452. The fraction of sp³-hybridized carbons (Fsp3) is 0.0909. The molecular formula is C22H17Cl2N7. The number of hydrogen-bond acceptors (Lipinski definition) is 5. The molecule has 2 heterocycles. The average Bonchev–Trinajstić information content (AvgIpc) is 3.43. The first-order valence-electron chi connectivity index (χ1n) is 9.62. The Morgan fingerprint density at radius 2 is 1.84 bits per heavy atom. The van der Waals surface area contributed by atoms with Crippen LogP contribution in [0.2, 0.25) is 10.0 Å². The van der Waals surface area contributed by atoms with E-state index in [0.29, 0.717) is 22.4 Å². The fourth-order valence-corrected chi connectivity index (χ4v) is 3.78. The minimum atomic E-state index is -0.310. The highest BCUT2D eigenvalue weighted by atomic mass is 35.5. The Morgan fingerprint density at radius 1 is 1.00 bits per heavy atom. The number of benzene rings is 3. The number of hydrogen-bond donors (Lipinski definition) is 2. The van der Waals surface area contributed by atoms with Gasteiger partial charge >= 0.3 is 0 Å². The maximum Gasteiger partial charge on any atom is 0.178 e. The van der Waals surface area contributed by atoms with Crippen molar-refractivity contribution < 1.29 is 0 Å². The van der Waals surface area contributed by atoms with Crippen LogP contribution in [-0.4, -0.2) is 30.2 Å². The van der Waals surface area contributed by atoms with Crippen LogP contribution in [0, 0.1) is 0 Å². The number of nitrogens with zero attached hydrogens (tertiary/aromatic N) is 5. The number of rotatable bonds is 6. The summed E-state index contributed by atoms with van der Waals surface area (Å²) < 4.78 is 1.75. The zero-order valence-electron chi connectivity index (χ0n) is 16.2.